The summed E-state index contributed by atoms with van der Waals surface area (Å²) >= 11 is 0. The molecule has 0 radical (unpaired) electrons. The molecule has 0 bridgehead atoms. The zero-order valence-corrected chi connectivity index (χ0v) is 10.4. The summed E-state index contributed by atoms with van der Waals surface area (Å²) in [5.41, 5.74) is 15.2. The van der Waals surface area contributed by atoms with Gasteiger partial charge in [0.25, 0.3) is 0 Å². The maximum Gasteiger partial charge on any atom is 0.149 e. The molecule has 2 rings (SSSR count). The monoisotopic (exact) mass is 233 g/mol. The number of hydrogen-bond donors (Lipinski definition) is 3. The molecule has 0 fully saturated rings. The fraction of sp³-hybridized carbons (Fsp3) is 0.500. The minimum Gasteiger partial charge on any atom is -0.382 e. The lowest BCUT2D eigenvalue weighted by Crippen LogP contribution is -1.99. The van der Waals surface area contributed by atoms with Gasteiger partial charge < -0.3 is 16.5 Å². The van der Waals surface area contributed by atoms with E-state index >= 15 is 0 Å². The number of imidazole rings is 1. The van der Waals surface area contributed by atoms with E-state index in [0.29, 0.717) is 5.82 Å². The van der Waals surface area contributed by atoms with Gasteiger partial charge in [-0.2, -0.15) is 0 Å². The Bertz CT molecular complexity index is 529. The second-order valence-electron chi connectivity index (χ2n) is 4.36. The van der Waals surface area contributed by atoms with E-state index < -0.39 is 0 Å². The van der Waals surface area contributed by atoms with E-state index in [-0.39, 0.29) is 0 Å². The highest BCUT2D eigenvalue weighted by Gasteiger charge is 2.11. The number of nitrogens with zero attached hydrogens (tertiary/aromatic N) is 2. The summed E-state index contributed by atoms with van der Waals surface area (Å²) in [4.78, 5) is 12.1. The number of pyridine rings is 1. The number of aryl methyl sites for hydroxylation is 3. The molecule has 17 heavy (non-hydrogen) atoms. The van der Waals surface area contributed by atoms with Crippen LogP contribution in [0.1, 0.15) is 29.9 Å². The lowest BCUT2D eigenvalue weighted by atomic mass is 10.2. The van der Waals surface area contributed by atoms with E-state index in [0.717, 1.165) is 53.9 Å². The molecule has 0 saturated carbocycles. The largest absolute Gasteiger partial charge is 0.382 e. The molecule has 0 aliphatic rings. The smallest absolute Gasteiger partial charge is 0.149 e. The molecule has 92 valence electrons. The van der Waals surface area contributed by atoms with Crippen LogP contribution in [-0.4, -0.2) is 21.5 Å². The van der Waals surface area contributed by atoms with Gasteiger partial charge in [0.05, 0.1) is 5.52 Å². The molecule has 2 aromatic heterocycles. The van der Waals surface area contributed by atoms with Crippen molar-refractivity contribution in [1.82, 2.24) is 15.0 Å². The summed E-state index contributed by atoms with van der Waals surface area (Å²) in [5, 5.41) is 0. The number of hydrogen-bond acceptors (Lipinski definition) is 4. The second kappa shape index (κ2) is 4.71. The maximum atomic E-state index is 5.89. The first-order chi connectivity index (χ1) is 8.13. The number of nitrogens with two attached hydrogens (primary N) is 2. The predicted octanol–water partition coefficient (Wildman–Crippen LogP) is 1.44. The molecule has 0 aliphatic heterocycles. The number of unbranched alkanes of at least 4 members (excludes halogenated alkanes) is 1. The van der Waals surface area contributed by atoms with Gasteiger partial charge in [-0.05, 0) is 38.8 Å². The van der Waals surface area contributed by atoms with E-state index in [1.807, 2.05) is 13.8 Å². The number of anilines is 1. The number of nitrogens with one attached hydrogen (secondary N) is 1. The first-order valence-corrected chi connectivity index (χ1v) is 5.94. The van der Waals surface area contributed by atoms with Gasteiger partial charge in [0.1, 0.15) is 17.2 Å². The van der Waals surface area contributed by atoms with Crippen LogP contribution in [0.2, 0.25) is 0 Å². The van der Waals surface area contributed by atoms with Gasteiger partial charge >= 0.3 is 0 Å². The first kappa shape index (κ1) is 11.9. The van der Waals surface area contributed by atoms with Gasteiger partial charge in [0, 0.05) is 12.1 Å². The highest BCUT2D eigenvalue weighted by Crippen LogP contribution is 2.22. The number of aromatic amines is 1. The predicted molar refractivity (Wildman–Crippen MR) is 69.8 cm³/mol. The SMILES string of the molecule is Cc1nc(N)c2[nH]c(CCCCN)nc2c1C. The van der Waals surface area contributed by atoms with Crippen LogP contribution >= 0.6 is 0 Å². The Balaban J connectivity index is 2.36. The van der Waals surface area contributed by atoms with E-state index in [4.69, 9.17) is 11.5 Å². The van der Waals surface area contributed by atoms with E-state index in [1.54, 1.807) is 0 Å². The lowest BCUT2D eigenvalue weighted by molar-refractivity contribution is 0.724. The molecule has 0 saturated heterocycles. The molecule has 5 nitrogen and oxygen atoms in total. The third kappa shape index (κ3) is 2.24. The Morgan fingerprint density at radius 3 is 2.65 bits per heavy atom. The van der Waals surface area contributed by atoms with Crippen molar-refractivity contribution in [3.63, 3.8) is 0 Å². The Labute approximate surface area is 101 Å². The van der Waals surface area contributed by atoms with Crippen molar-refractivity contribution in [1.29, 1.82) is 0 Å². The number of H-pyrrole nitrogens is 1. The zero-order chi connectivity index (χ0) is 12.4. The van der Waals surface area contributed by atoms with Crippen molar-refractivity contribution in [2.75, 3.05) is 12.3 Å². The van der Waals surface area contributed by atoms with Gasteiger partial charge in [-0.3, -0.25) is 0 Å². The van der Waals surface area contributed by atoms with Crippen LogP contribution in [0, 0.1) is 13.8 Å². The number of aromatic nitrogens is 3. The van der Waals surface area contributed by atoms with Crippen LogP contribution in [-0.2, 0) is 6.42 Å². The average Bonchev–Trinajstić information content (AvgIpc) is 2.71. The standard InChI is InChI=1S/C12H19N5/c1-7-8(2)15-12(14)11-10(7)16-9(17-11)5-3-4-6-13/h3-6,13H2,1-2H3,(H2,14,15)(H,16,17). The quantitative estimate of drug-likeness (QED) is 0.696. The van der Waals surface area contributed by atoms with Crippen LogP contribution in [0.4, 0.5) is 5.82 Å². The number of fused-ring (bicyclic) bond motifs is 1. The highest BCUT2D eigenvalue weighted by atomic mass is 15.0. The Hall–Kier alpha value is -1.62. The molecule has 0 atom stereocenters. The van der Waals surface area contributed by atoms with Gasteiger partial charge in [-0.25, -0.2) is 9.97 Å². The second-order valence-corrected chi connectivity index (χ2v) is 4.36. The fourth-order valence-electron chi connectivity index (χ4n) is 1.93. The van der Waals surface area contributed by atoms with Gasteiger partial charge in [0.15, 0.2) is 0 Å². The molecule has 0 aromatic carbocycles. The summed E-state index contributed by atoms with van der Waals surface area (Å²) in [7, 11) is 0. The van der Waals surface area contributed by atoms with Crippen LogP contribution in [0.5, 0.6) is 0 Å². The Morgan fingerprint density at radius 2 is 1.94 bits per heavy atom. The van der Waals surface area contributed by atoms with Crippen molar-refractivity contribution in [2.24, 2.45) is 5.73 Å². The fourth-order valence-corrected chi connectivity index (χ4v) is 1.93. The van der Waals surface area contributed by atoms with E-state index in [2.05, 4.69) is 15.0 Å². The molecule has 0 spiro atoms. The Morgan fingerprint density at radius 1 is 1.18 bits per heavy atom. The van der Waals surface area contributed by atoms with Gasteiger partial charge in [-0.1, -0.05) is 0 Å². The zero-order valence-electron chi connectivity index (χ0n) is 10.4. The topological polar surface area (TPSA) is 93.6 Å². The summed E-state index contributed by atoms with van der Waals surface area (Å²) < 4.78 is 0. The van der Waals surface area contributed by atoms with E-state index in [1.165, 1.54) is 0 Å². The van der Waals surface area contributed by atoms with Crippen molar-refractivity contribution in [2.45, 2.75) is 33.1 Å². The number of nitrogen functional groups attached to an aromatic ring is 1. The lowest BCUT2D eigenvalue weighted by Gasteiger charge is -2.01. The summed E-state index contributed by atoms with van der Waals surface area (Å²) in [6.07, 6.45) is 2.97. The van der Waals surface area contributed by atoms with E-state index in [9.17, 15) is 0 Å². The molecule has 5 heteroatoms. The molecule has 0 aliphatic carbocycles. The first-order valence-electron chi connectivity index (χ1n) is 5.94. The highest BCUT2D eigenvalue weighted by molar-refractivity contribution is 5.87. The molecular formula is C12H19N5. The van der Waals surface area contributed by atoms with Crippen LogP contribution in [0.15, 0.2) is 0 Å². The summed E-state index contributed by atoms with van der Waals surface area (Å²) in [6, 6.07) is 0. The molecule has 5 N–H and O–H groups in total. The molecule has 2 heterocycles. The Kier molecular flexibility index (Phi) is 3.28. The number of rotatable bonds is 4. The molecule has 0 unspecified atom stereocenters. The third-order valence-electron chi connectivity index (χ3n) is 3.06. The van der Waals surface area contributed by atoms with Crippen LogP contribution < -0.4 is 11.5 Å². The maximum absolute atomic E-state index is 5.89. The van der Waals surface area contributed by atoms with Crippen molar-refractivity contribution in [3.8, 4) is 0 Å². The van der Waals surface area contributed by atoms with Crippen molar-refractivity contribution >= 4 is 16.9 Å². The summed E-state index contributed by atoms with van der Waals surface area (Å²) in [5.74, 6) is 1.50. The summed E-state index contributed by atoms with van der Waals surface area (Å²) in [6.45, 7) is 4.70. The molecule has 2 aromatic rings. The van der Waals surface area contributed by atoms with Crippen molar-refractivity contribution < 1.29 is 0 Å². The minimum absolute atomic E-state index is 0.528. The van der Waals surface area contributed by atoms with Gasteiger partial charge in [-0.15, -0.1) is 0 Å². The van der Waals surface area contributed by atoms with Crippen LogP contribution in [0.25, 0.3) is 11.0 Å². The molecular weight excluding hydrogens is 214 g/mol. The normalized spacial score (nSPS) is 11.2. The van der Waals surface area contributed by atoms with Crippen molar-refractivity contribution in [3.05, 3.63) is 17.1 Å². The minimum atomic E-state index is 0.528. The average molecular weight is 233 g/mol. The third-order valence-corrected chi connectivity index (χ3v) is 3.06. The van der Waals surface area contributed by atoms with Crippen LogP contribution in [0.3, 0.4) is 0 Å². The van der Waals surface area contributed by atoms with Gasteiger partial charge in [0.2, 0.25) is 0 Å². The molecule has 0 amide bonds.